The second-order valence-electron chi connectivity index (χ2n) is 7.72. The second-order valence-corrected chi connectivity index (χ2v) is 7.72. The molecule has 1 saturated carbocycles. The normalized spacial score (nSPS) is 17.9. The standard InChI is InChI=1S/C10H12.C10H14.C7H15N.CH5N/c1-4-10-6-5-8(2)9(3)7-10;1-5-7-10(8-6-2)9(3)4;1-6-3-2-4-7(8)5-6;1-2/h4-7H,1H2,2-3H3;5-8H,1,3H2,2,4H3;6-7H,2-5,8H2,1H3;2H2,1H3/b;8-6-,10-7+;;. The summed E-state index contributed by atoms with van der Waals surface area (Å²) in [7, 11) is 1.50. The van der Waals surface area contributed by atoms with Gasteiger partial charge in [0.05, 0.1) is 0 Å². The summed E-state index contributed by atoms with van der Waals surface area (Å²) < 4.78 is 0. The van der Waals surface area contributed by atoms with Gasteiger partial charge in [0.2, 0.25) is 0 Å². The minimum atomic E-state index is 0.513. The molecule has 0 spiro atoms. The van der Waals surface area contributed by atoms with Crippen LogP contribution in [0.4, 0.5) is 0 Å². The van der Waals surface area contributed by atoms with Crippen molar-refractivity contribution in [3.8, 4) is 0 Å². The summed E-state index contributed by atoms with van der Waals surface area (Å²) in [6.45, 7) is 21.6. The molecule has 0 heterocycles. The molecule has 2 unspecified atom stereocenters. The van der Waals surface area contributed by atoms with Gasteiger partial charge in [-0.3, -0.25) is 0 Å². The maximum absolute atomic E-state index is 5.73. The summed E-state index contributed by atoms with van der Waals surface area (Å²) in [5, 5.41) is 0. The molecule has 30 heavy (non-hydrogen) atoms. The van der Waals surface area contributed by atoms with E-state index in [1.54, 1.807) is 6.08 Å². The zero-order valence-corrected chi connectivity index (χ0v) is 20.4. The lowest BCUT2D eigenvalue weighted by Crippen LogP contribution is -2.26. The molecule has 168 valence electrons. The lowest BCUT2D eigenvalue weighted by atomic mass is 9.88. The fourth-order valence-electron chi connectivity index (χ4n) is 3.02. The molecule has 1 aromatic carbocycles. The molecule has 2 atom stereocenters. The summed E-state index contributed by atoms with van der Waals surface area (Å²) in [4.78, 5) is 0. The van der Waals surface area contributed by atoms with Gasteiger partial charge in [-0.1, -0.05) is 93.7 Å². The van der Waals surface area contributed by atoms with Crippen molar-refractivity contribution in [2.45, 2.75) is 66.3 Å². The fraction of sp³-hybridized carbons (Fsp3) is 0.429. The quantitative estimate of drug-likeness (QED) is 0.512. The van der Waals surface area contributed by atoms with Gasteiger partial charge in [0.1, 0.15) is 0 Å². The van der Waals surface area contributed by atoms with Gasteiger partial charge in [-0.25, -0.2) is 0 Å². The van der Waals surface area contributed by atoms with Gasteiger partial charge >= 0.3 is 0 Å². The van der Waals surface area contributed by atoms with Gasteiger partial charge < -0.3 is 11.5 Å². The SMILES string of the molecule is C=C/C=C(\C=C/C)C(=C)C.C=Cc1ccc(C)c(C)c1.CC1CCCC(N)C1.CN. The molecule has 2 rings (SSSR count). The summed E-state index contributed by atoms with van der Waals surface area (Å²) in [5.41, 5.74) is 16.3. The lowest BCUT2D eigenvalue weighted by Gasteiger charge is -2.22. The first-order valence-electron chi connectivity index (χ1n) is 10.9. The number of hydrogen-bond acceptors (Lipinski definition) is 2. The molecule has 0 aromatic heterocycles. The Bertz CT molecular complexity index is 672. The summed E-state index contributed by atoms with van der Waals surface area (Å²) >= 11 is 0. The van der Waals surface area contributed by atoms with Crippen molar-refractivity contribution in [3.63, 3.8) is 0 Å². The lowest BCUT2D eigenvalue weighted by molar-refractivity contribution is 0.344. The molecular formula is C28H46N2. The van der Waals surface area contributed by atoms with E-state index in [9.17, 15) is 0 Å². The van der Waals surface area contributed by atoms with Crippen LogP contribution in [0.15, 0.2) is 73.4 Å². The number of hydrogen-bond donors (Lipinski definition) is 2. The molecule has 1 aliphatic carbocycles. The zero-order valence-electron chi connectivity index (χ0n) is 20.4. The van der Waals surface area contributed by atoms with E-state index in [0.717, 1.165) is 17.1 Å². The van der Waals surface area contributed by atoms with E-state index < -0.39 is 0 Å². The third-order valence-corrected chi connectivity index (χ3v) is 4.88. The first-order chi connectivity index (χ1) is 14.2. The third kappa shape index (κ3) is 14.8. The average molecular weight is 411 g/mol. The Morgan fingerprint density at radius 3 is 2.10 bits per heavy atom. The van der Waals surface area contributed by atoms with Crippen molar-refractivity contribution < 1.29 is 0 Å². The van der Waals surface area contributed by atoms with Gasteiger partial charge in [0.15, 0.2) is 0 Å². The highest BCUT2D eigenvalue weighted by Crippen LogP contribution is 2.21. The number of rotatable bonds is 4. The van der Waals surface area contributed by atoms with Crippen LogP contribution in [0.1, 0.15) is 63.1 Å². The number of aryl methyl sites for hydroxylation is 2. The predicted molar refractivity (Wildman–Crippen MR) is 140 cm³/mol. The molecule has 0 aliphatic heterocycles. The highest BCUT2D eigenvalue weighted by molar-refractivity contribution is 5.49. The van der Waals surface area contributed by atoms with E-state index in [0.29, 0.717) is 6.04 Å². The van der Waals surface area contributed by atoms with Gasteiger partial charge in [-0.05, 0) is 75.8 Å². The molecule has 0 amide bonds. The van der Waals surface area contributed by atoms with Crippen molar-refractivity contribution in [1.29, 1.82) is 0 Å². The Labute approximate surface area is 187 Å². The molecule has 1 aromatic rings. The van der Waals surface area contributed by atoms with Gasteiger partial charge in [-0.2, -0.15) is 0 Å². The fourth-order valence-corrected chi connectivity index (χ4v) is 3.02. The number of nitrogens with two attached hydrogens (primary N) is 2. The summed E-state index contributed by atoms with van der Waals surface area (Å²) in [6, 6.07) is 6.85. The minimum absolute atomic E-state index is 0.513. The van der Waals surface area contributed by atoms with E-state index >= 15 is 0 Å². The first-order valence-corrected chi connectivity index (χ1v) is 10.9. The Morgan fingerprint density at radius 2 is 1.73 bits per heavy atom. The van der Waals surface area contributed by atoms with Crippen molar-refractivity contribution in [1.82, 2.24) is 0 Å². The molecule has 2 heteroatoms. The number of allylic oxidation sites excluding steroid dienone is 6. The van der Waals surface area contributed by atoms with Gasteiger partial charge in [0, 0.05) is 6.04 Å². The first kappa shape index (κ1) is 30.0. The van der Waals surface area contributed by atoms with Crippen LogP contribution < -0.4 is 11.5 Å². The Balaban J connectivity index is 0. The van der Waals surface area contributed by atoms with Crippen LogP contribution in [0, 0.1) is 19.8 Å². The molecule has 1 fully saturated rings. The van der Waals surface area contributed by atoms with E-state index in [4.69, 9.17) is 5.73 Å². The van der Waals surface area contributed by atoms with Crippen LogP contribution in [-0.2, 0) is 0 Å². The van der Waals surface area contributed by atoms with E-state index in [1.807, 2.05) is 38.2 Å². The Hall–Kier alpha value is -2.16. The average Bonchev–Trinajstić information content (AvgIpc) is 2.72. The van der Waals surface area contributed by atoms with Crippen LogP contribution >= 0.6 is 0 Å². The highest BCUT2D eigenvalue weighted by Gasteiger charge is 2.14. The molecule has 0 radical (unpaired) electrons. The van der Waals surface area contributed by atoms with Crippen LogP contribution in [0.5, 0.6) is 0 Å². The van der Waals surface area contributed by atoms with E-state index in [2.05, 4.69) is 64.4 Å². The Kier molecular flexibility index (Phi) is 18.9. The monoisotopic (exact) mass is 410 g/mol. The minimum Gasteiger partial charge on any atom is -0.333 e. The van der Waals surface area contributed by atoms with Crippen molar-refractivity contribution in [2.24, 2.45) is 17.4 Å². The molecule has 2 nitrogen and oxygen atoms in total. The Morgan fingerprint density at radius 1 is 1.10 bits per heavy atom. The largest absolute Gasteiger partial charge is 0.333 e. The summed E-state index contributed by atoms with van der Waals surface area (Å²) in [6.07, 6.45) is 14.8. The van der Waals surface area contributed by atoms with Crippen LogP contribution in [0.3, 0.4) is 0 Å². The van der Waals surface area contributed by atoms with Crippen LogP contribution in [0.25, 0.3) is 6.08 Å². The van der Waals surface area contributed by atoms with Crippen LogP contribution in [-0.4, -0.2) is 13.1 Å². The maximum Gasteiger partial charge on any atom is 0.00413 e. The highest BCUT2D eigenvalue weighted by atomic mass is 14.6. The topological polar surface area (TPSA) is 52.0 Å². The zero-order chi connectivity index (χ0) is 23.5. The van der Waals surface area contributed by atoms with Crippen molar-refractivity contribution >= 4 is 6.08 Å². The molecule has 0 bridgehead atoms. The predicted octanol–water partition coefficient (Wildman–Crippen LogP) is 7.30. The molecule has 0 saturated heterocycles. The summed E-state index contributed by atoms with van der Waals surface area (Å²) in [5.74, 6) is 0.888. The van der Waals surface area contributed by atoms with Gasteiger partial charge in [0.25, 0.3) is 0 Å². The van der Waals surface area contributed by atoms with E-state index in [1.165, 1.54) is 49.4 Å². The van der Waals surface area contributed by atoms with Crippen molar-refractivity contribution in [3.05, 3.63) is 90.1 Å². The number of benzene rings is 1. The molecule has 1 aliphatic rings. The smallest absolute Gasteiger partial charge is 0.00413 e. The molecule has 4 N–H and O–H groups in total. The third-order valence-electron chi connectivity index (χ3n) is 4.88. The van der Waals surface area contributed by atoms with Crippen LogP contribution in [0.2, 0.25) is 0 Å². The van der Waals surface area contributed by atoms with E-state index in [-0.39, 0.29) is 0 Å². The van der Waals surface area contributed by atoms with Gasteiger partial charge in [-0.15, -0.1) is 0 Å². The maximum atomic E-state index is 5.73. The second kappa shape index (κ2) is 18.8. The van der Waals surface area contributed by atoms with Crippen molar-refractivity contribution in [2.75, 3.05) is 7.05 Å². The molecular weight excluding hydrogens is 364 g/mol.